The number of halogens is 1. The van der Waals surface area contributed by atoms with Gasteiger partial charge in [0.25, 0.3) is 5.91 Å². The van der Waals surface area contributed by atoms with E-state index in [1.54, 1.807) is 19.1 Å². The Bertz CT molecular complexity index is 720. The molecule has 0 saturated carbocycles. The number of hydrogen-bond donors (Lipinski definition) is 2. The molecule has 0 spiro atoms. The van der Waals surface area contributed by atoms with E-state index in [1.807, 2.05) is 6.07 Å². The molecule has 1 amide bonds. The lowest BCUT2D eigenvalue weighted by molar-refractivity contribution is 0.102. The van der Waals surface area contributed by atoms with Crippen LogP contribution >= 0.6 is 0 Å². The minimum absolute atomic E-state index is 0.160. The Morgan fingerprint density at radius 2 is 2.05 bits per heavy atom. The summed E-state index contributed by atoms with van der Waals surface area (Å²) in [5.41, 5.74) is 1.44. The first-order valence-corrected chi connectivity index (χ1v) is 5.82. The van der Waals surface area contributed by atoms with Crippen LogP contribution in [0.3, 0.4) is 0 Å². The van der Waals surface area contributed by atoms with Gasteiger partial charge in [0.1, 0.15) is 11.6 Å². The van der Waals surface area contributed by atoms with Crippen molar-refractivity contribution in [2.24, 2.45) is 0 Å². The number of amides is 1. The van der Waals surface area contributed by atoms with E-state index < -0.39 is 11.7 Å². The van der Waals surface area contributed by atoms with E-state index in [9.17, 15) is 14.3 Å². The summed E-state index contributed by atoms with van der Waals surface area (Å²) in [6.07, 6.45) is 0. The monoisotopic (exact) mass is 270 g/mol. The molecule has 2 rings (SSSR count). The highest BCUT2D eigenvalue weighted by Gasteiger charge is 2.13. The second-order valence-electron chi connectivity index (χ2n) is 4.26. The highest BCUT2D eigenvalue weighted by atomic mass is 19.1. The van der Waals surface area contributed by atoms with E-state index in [0.717, 1.165) is 23.8 Å². The van der Waals surface area contributed by atoms with E-state index in [1.165, 1.54) is 6.07 Å². The first-order valence-electron chi connectivity index (χ1n) is 5.82. The number of carbonyl (C=O) groups is 1. The SMILES string of the molecule is Cc1ccc(C#N)cc1NC(=O)c1cc(F)ccc1O. The molecule has 0 aliphatic heterocycles. The maximum absolute atomic E-state index is 13.1. The summed E-state index contributed by atoms with van der Waals surface area (Å²) in [5, 5.41) is 21.0. The molecule has 0 bridgehead atoms. The number of nitriles is 1. The summed E-state index contributed by atoms with van der Waals surface area (Å²) in [4.78, 5) is 12.0. The van der Waals surface area contributed by atoms with Crippen molar-refractivity contribution in [3.63, 3.8) is 0 Å². The van der Waals surface area contributed by atoms with Gasteiger partial charge in [0.05, 0.1) is 17.2 Å². The summed E-state index contributed by atoms with van der Waals surface area (Å²) in [6.45, 7) is 1.77. The van der Waals surface area contributed by atoms with Crippen LogP contribution in [0.5, 0.6) is 5.75 Å². The van der Waals surface area contributed by atoms with Gasteiger partial charge in [-0.2, -0.15) is 5.26 Å². The molecule has 0 aromatic heterocycles. The van der Waals surface area contributed by atoms with Gasteiger partial charge in [-0.1, -0.05) is 6.07 Å². The number of rotatable bonds is 2. The van der Waals surface area contributed by atoms with Crippen LogP contribution in [0.25, 0.3) is 0 Å². The predicted octanol–water partition coefficient (Wildman–Crippen LogP) is 2.96. The fourth-order valence-corrected chi connectivity index (χ4v) is 1.71. The van der Waals surface area contributed by atoms with Crippen molar-refractivity contribution in [1.29, 1.82) is 5.26 Å². The van der Waals surface area contributed by atoms with Crippen LogP contribution in [0, 0.1) is 24.1 Å². The van der Waals surface area contributed by atoms with Gasteiger partial charge in [0.15, 0.2) is 0 Å². The molecule has 100 valence electrons. The van der Waals surface area contributed by atoms with Crippen LogP contribution in [0.4, 0.5) is 10.1 Å². The largest absolute Gasteiger partial charge is 0.507 e. The maximum atomic E-state index is 13.1. The van der Waals surface area contributed by atoms with Crippen LogP contribution in [0.15, 0.2) is 36.4 Å². The van der Waals surface area contributed by atoms with Gasteiger partial charge in [-0.3, -0.25) is 4.79 Å². The number of aromatic hydroxyl groups is 1. The van der Waals surface area contributed by atoms with Crippen molar-refractivity contribution in [2.75, 3.05) is 5.32 Å². The topological polar surface area (TPSA) is 73.1 Å². The minimum atomic E-state index is -0.639. The Kier molecular flexibility index (Phi) is 3.67. The van der Waals surface area contributed by atoms with Gasteiger partial charge < -0.3 is 10.4 Å². The Morgan fingerprint density at radius 1 is 1.30 bits per heavy atom. The average molecular weight is 270 g/mol. The lowest BCUT2D eigenvalue weighted by Gasteiger charge is -2.09. The van der Waals surface area contributed by atoms with Crippen molar-refractivity contribution >= 4 is 11.6 Å². The zero-order chi connectivity index (χ0) is 14.7. The third kappa shape index (κ3) is 2.75. The molecule has 20 heavy (non-hydrogen) atoms. The summed E-state index contributed by atoms with van der Waals surface area (Å²) in [6, 6.07) is 9.94. The first-order chi connectivity index (χ1) is 9.51. The van der Waals surface area contributed by atoms with Crippen molar-refractivity contribution in [3.8, 4) is 11.8 Å². The molecule has 0 aliphatic carbocycles. The number of carbonyl (C=O) groups excluding carboxylic acids is 1. The highest BCUT2D eigenvalue weighted by molar-refractivity contribution is 6.06. The Hall–Kier alpha value is -2.87. The first kappa shape index (κ1) is 13.6. The molecule has 0 fully saturated rings. The lowest BCUT2D eigenvalue weighted by Crippen LogP contribution is -2.13. The van der Waals surface area contributed by atoms with Gasteiger partial charge >= 0.3 is 0 Å². The molecule has 5 heteroatoms. The highest BCUT2D eigenvalue weighted by Crippen LogP contribution is 2.22. The molecule has 0 unspecified atom stereocenters. The molecule has 0 radical (unpaired) electrons. The normalized spacial score (nSPS) is 9.85. The van der Waals surface area contributed by atoms with E-state index >= 15 is 0 Å². The van der Waals surface area contributed by atoms with E-state index in [-0.39, 0.29) is 11.3 Å². The predicted molar refractivity (Wildman–Crippen MR) is 71.9 cm³/mol. The van der Waals surface area contributed by atoms with Gasteiger partial charge in [0.2, 0.25) is 0 Å². The smallest absolute Gasteiger partial charge is 0.259 e. The molecule has 0 aliphatic rings. The van der Waals surface area contributed by atoms with E-state index in [4.69, 9.17) is 5.26 Å². The zero-order valence-electron chi connectivity index (χ0n) is 10.6. The third-order valence-electron chi connectivity index (χ3n) is 2.82. The number of hydrogen-bond acceptors (Lipinski definition) is 3. The molecule has 0 atom stereocenters. The van der Waals surface area contributed by atoms with Gasteiger partial charge in [-0.05, 0) is 42.8 Å². The van der Waals surface area contributed by atoms with Crippen LogP contribution in [-0.4, -0.2) is 11.0 Å². The second-order valence-corrected chi connectivity index (χ2v) is 4.26. The molecule has 0 saturated heterocycles. The van der Waals surface area contributed by atoms with Crippen molar-refractivity contribution in [1.82, 2.24) is 0 Å². The number of phenolic OH excluding ortho intramolecular Hbond substituents is 1. The molecule has 4 nitrogen and oxygen atoms in total. The molecule has 2 N–H and O–H groups in total. The molecule has 2 aromatic carbocycles. The number of nitrogens with one attached hydrogen (secondary N) is 1. The Balaban J connectivity index is 2.33. The van der Waals surface area contributed by atoms with Gasteiger partial charge in [-0.25, -0.2) is 4.39 Å². The minimum Gasteiger partial charge on any atom is -0.507 e. The fourth-order valence-electron chi connectivity index (χ4n) is 1.71. The summed E-state index contributed by atoms with van der Waals surface area (Å²) in [5.74, 6) is -1.56. The molecular formula is C15H11FN2O2. The number of nitrogens with zero attached hydrogens (tertiary/aromatic N) is 1. The second kappa shape index (κ2) is 5.41. The standard InChI is InChI=1S/C15H11FN2O2/c1-9-2-3-10(8-17)6-13(9)18-15(20)12-7-11(16)4-5-14(12)19/h2-7,19H,1H3,(H,18,20). The Morgan fingerprint density at radius 3 is 2.75 bits per heavy atom. The summed E-state index contributed by atoms with van der Waals surface area (Å²) >= 11 is 0. The molecule has 2 aromatic rings. The average Bonchev–Trinajstić information content (AvgIpc) is 2.43. The van der Waals surface area contributed by atoms with Gasteiger partial charge in [0, 0.05) is 5.69 Å². The van der Waals surface area contributed by atoms with Crippen molar-refractivity contribution < 1.29 is 14.3 Å². The Labute approximate surface area is 115 Å². The third-order valence-corrected chi connectivity index (χ3v) is 2.82. The van der Waals surface area contributed by atoms with Crippen LogP contribution < -0.4 is 5.32 Å². The number of phenols is 1. The van der Waals surface area contributed by atoms with Gasteiger partial charge in [-0.15, -0.1) is 0 Å². The van der Waals surface area contributed by atoms with Crippen molar-refractivity contribution in [3.05, 3.63) is 58.9 Å². The van der Waals surface area contributed by atoms with Crippen molar-refractivity contribution in [2.45, 2.75) is 6.92 Å². The number of aryl methyl sites for hydroxylation is 1. The number of benzene rings is 2. The summed E-state index contributed by atoms with van der Waals surface area (Å²) < 4.78 is 13.1. The lowest BCUT2D eigenvalue weighted by atomic mass is 10.1. The van der Waals surface area contributed by atoms with Crippen LogP contribution in [0.1, 0.15) is 21.5 Å². The van der Waals surface area contributed by atoms with Crippen LogP contribution in [0.2, 0.25) is 0 Å². The quantitative estimate of drug-likeness (QED) is 0.881. The fraction of sp³-hybridized carbons (Fsp3) is 0.0667. The maximum Gasteiger partial charge on any atom is 0.259 e. The zero-order valence-corrected chi connectivity index (χ0v) is 10.6. The van der Waals surface area contributed by atoms with E-state index in [0.29, 0.717) is 11.3 Å². The number of anilines is 1. The van der Waals surface area contributed by atoms with E-state index in [2.05, 4.69) is 5.32 Å². The molecule has 0 heterocycles. The summed E-state index contributed by atoms with van der Waals surface area (Å²) in [7, 11) is 0. The molecular weight excluding hydrogens is 259 g/mol. The van der Waals surface area contributed by atoms with Crippen LogP contribution in [-0.2, 0) is 0 Å².